The maximum atomic E-state index is 13.1. The minimum atomic E-state index is -3.67. The molecule has 2 aromatic heterocycles. The lowest BCUT2D eigenvalue weighted by Crippen LogP contribution is -2.42. The van der Waals surface area contributed by atoms with E-state index in [1.165, 1.54) is 10.4 Å². The maximum Gasteiger partial charge on any atom is 0.254 e. The molecule has 8 nitrogen and oxygen atoms in total. The third kappa shape index (κ3) is 5.02. The summed E-state index contributed by atoms with van der Waals surface area (Å²) in [5, 5.41) is 4.48. The van der Waals surface area contributed by atoms with E-state index in [0.717, 1.165) is 43.7 Å². The molecular weight excluding hydrogens is 438 g/mol. The second-order valence-electron chi connectivity index (χ2n) is 7.98. The highest BCUT2D eigenvalue weighted by Crippen LogP contribution is 2.29. The number of nitrogens with one attached hydrogen (secondary N) is 1. The number of carbonyl (C=O) groups is 2. The van der Waals surface area contributed by atoms with Gasteiger partial charge in [-0.25, -0.2) is 8.42 Å². The molecule has 2 fully saturated rings. The van der Waals surface area contributed by atoms with E-state index in [1.54, 1.807) is 28.7 Å². The Morgan fingerprint density at radius 1 is 1.13 bits per heavy atom. The van der Waals surface area contributed by atoms with Crippen LogP contribution >= 0.6 is 11.3 Å². The Morgan fingerprint density at radius 2 is 1.87 bits per heavy atom. The summed E-state index contributed by atoms with van der Waals surface area (Å²) in [6, 6.07) is 5.06. The van der Waals surface area contributed by atoms with Crippen LogP contribution in [0.1, 0.15) is 48.2 Å². The summed E-state index contributed by atoms with van der Waals surface area (Å²) in [7, 11) is -3.67. The zero-order valence-electron chi connectivity index (χ0n) is 17.3. The Balaban J connectivity index is 1.33. The summed E-state index contributed by atoms with van der Waals surface area (Å²) in [6.07, 6.45) is 5.60. The lowest BCUT2D eigenvalue weighted by molar-refractivity contribution is -0.126. The van der Waals surface area contributed by atoms with Crippen LogP contribution in [0.2, 0.25) is 0 Å². The van der Waals surface area contributed by atoms with Crippen LogP contribution in [0.4, 0.5) is 0 Å². The summed E-state index contributed by atoms with van der Waals surface area (Å²) >= 11 is 1.09. The van der Waals surface area contributed by atoms with Gasteiger partial charge in [0.05, 0.1) is 18.4 Å². The van der Waals surface area contributed by atoms with E-state index in [2.05, 4.69) is 5.32 Å². The maximum absolute atomic E-state index is 13.1. The fourth-order valence-electron chi connectivity index (χ4n) is 4.06. The third-order valence-corrected chi connectivity index (χ3v) is 9.22. The summed E-state index contributed by atoms with van der Waals surface area (Å²) in [5.74, 6) is 0.283. The zero-order chi connectivity index (χ0) is 21.8. The predicted octanol–water partition coefficient (Wildman–Crippen LogP) is 2.68. The van der Waals surface area contributed by atoms with Gasteiger partial charge in [-0.1, -0.05) is 0 Å². The van der Waals surface area contributed by atoms with Crippen LogP contribution in [0.5, 0.6) is 0 Å². The molecule has 2 aromatic rings. The van der Waals surface area contributed by atoms with Crippen LogP contribution in [0.3, 0.4) is 0 Å². The molecular formula is C21H27N3O5S2. The topological polar surface area (TPSA) is 99.9 Å². The molecule has 0 atom stereocenters. The molecule has 10 heteroatoms. The molecule has 168 valence electrons. The first kappa shape index (κ1) is 22.0. The van der Waals surface area contributed by atoms with Gasteiger partial charge in [0.1, 0.15) is 9.97 Å². The lowest BCUT2D eigenvalue weighted by Gasteiger charge is -2.30. The summed E-state index contributed by atoms with van der Waals surface area (Å²) in [4.78, 5) is 26.8. The minimum absolute atomic E-state index is 0.0843. The van der Waals surface area contributed by atoms with Crippen molar-refractivity contribution in [2.24, 2.45) is 5.92 Å². The van der Waals surface area contributed by atoms with Gasteiger partial charge in [-0.15, -0.1) is 11.3 Å². The van der Waals surface area contributed by atoms with Gasteiger partial charge in [-0.3, -0.25) is 9.59 Å². The van der Waals surface area contributed by atoms with Gasteiger partial charge in [0.25, 0.3) is 15.9 Å². The quantitative estimate of drug-likeness (QED) is 0.707. The highest BCUT2D eigenvalue weighted by Gasteiger charge is 2.33. The molecule has 0 unspecified atom stereocenters. The first-order valence-corrected chi connectivity index (χ1v) is 12.9. The van der Waals surface area contributed by atoms with Crippen molar-refractivity contribution < 1.29 is 22.4 Å². The summed E-state index contributed by atoms with van der Waals surface area (Å²) in [6.45, 7) is 2.36. The van der Waals surface area contributed by atoms with Crippen molar-refractivity contribution in [3.8, 4) is 0 Å². The highest BCUT2D eigenvalue weighted by molar-refractivity contribution is 7.91. The number of hydrogen-bond donors (Lipinski definition) is 1. The molecule has 2 saturated heterocycles. The van der Waals surface area contributed by atoms with Crippen LogP contribution in [-0.2, 0) is 21.4 Å². The second kappa shape index (κ2) is 9.54. The number of carbonyl (C=O) groups excluding carboxylic acids is 2. The number of hydrogen-bond acceptors (Lipinski definition) is 6. The Morgan fingerprint density at radius 3 is 2.55 bits per heavy atom. The number of likely N-dealkylation sites (tertiary alicyclic amines) is 1. The number of rotatable bonds is 6. The Kier molecular flexibility index (Phi) is 6.78. The Labute approximate surface area is 186 Å². The van der Waals surface area contributed by atoms with Crippen molar-refractivity contribution >= 4 is 33.2 Å². The van der Waals surface area contributed by atoms with Gasteiger partial charge in [-0.05, 0) is 50.3 Å². The van der Waals surface area contributed by atoms with Crippen molar-refractivity contribution in [3.05, 3.63) is 41.2 Å². The first-order chi connectivity index (χ1) is 14.9. The smallest absolute Gasteiger partial charge is 0.254 e. The predicted molar refractivity (Wildman–Crippen MR) is 116 cm³/mol. The van der Waals surface area contributed by atoms with E-state index >= 15 is 0 Å². The third-order valence-electron chi connectivity index (χ3n) is 5.90. The molecule has 2 aliphatic heterocycles. The fourth-order valence-corrected chi connectivity index (χ4v) is 6.84. The van der Waals surface area contributed by atoms with Crippen LogP contribution < -0.4 is 5.32 Å². The van der Waals surface area contributed by atoms with E-state index < -0.39 is 10.0 Å². The molecule has 0 aromatic carbocycles. The van der Waals surface area contributed by atoms with Crippen molar-refractivity contribution in [2.75, 3.05) is 26.2 Å². The molecule has 2 aliphatic rings. The molecule has 0 radical (unpaired) electrons. The Hall–Kier alpha value is -2.17. The molecule has 1 N–H and O–H groups in total. The molecule has 4 heterocycles. The highest BCUT2D eigenvalue weighted by atomic mass is 32.2. The SMILES string of the molecule is O=C(NCc1ccco1)C1CCN(S(=O)(=O)c2cc(C(=O)N3CCCCC3)cs2)CC1. The lowest BCUT2D eigenvalue weighted by atomic mass is 9.97. The fraction of sp³-hybridized carbons (Fsp3) is 0.524. The Bertz CT molecular complexity index is 1000. The molecule has 0 aliphatic carbocycles. The molecule has 0 bridgehead atoms. The molecule has 0 spiro atoms. The van der Waals surface area contributed by atoms with E-state index in [-0.39, 0.29) is 35.0 Å². The number of sulfonamides is 1. The van der Waals surface area contributed by atoms with Gasteiger partial charge in [0.2, 0.25) is 5.91 Å². The average Bonchev–Trinajstić information content (AvgIpc) is 3.50. The van der Waals surface area contributed by atoms with Crippen molar-refractivity contribution in [1.82, 2.24) is 14.5 Å². The zero-order valence-corrected chi connectivity index (χ0v) is 18.9. The number of amides is 2. The van der Waals surface area contributed by atoms with E-state index in [4.69, 9.17) is 4.42 Å². The average molecular weight is 466 g/mol. The van der Waals surface area contributed by atoms with Crippen LogP contribution in [0.25, 0.3) is 0 Å². The summed E-state index contributed by atoms with van der Waals surface area (Å²) < 4.78 is 32.9. The number of nitrogens with zero attached hydrogens (tertiary/aromatic N) is 2. The van der Waals surface area contributed by atoms with Gasteiger partial charge in [-0.2, -0.15) is 4.31 Å². The van der Waals surface area contributed by atoms with Crippen LogP contribution in [0, 0.1) is 5.92 Å². The van der Waals surface area contributed by atoms with Crippen molar-refractivity contribution in [3.63, 3.8) is 0 Å². The van der Waals surface area contributed by atoms with E-state index in [0.29, 0.717) is 30.7 Å². The molecule has 4 rings (SSSR count). The minimum Gasteiger partial charge on any atom is -0.467 e. The van der Waals surface area contributed by atoms with Gasteiger partial charge < -0.3 is 14.6 Å². The standard InChI is InChI=1S/C21H27N3O5S2/c25-20(22-14-18-5-4-12-29-18)16-6-10-24(11-7-16)31(27,28)19-13-17(15-30-19)21(26)23-8-2-1-3-9-23/h4-5,12-13,15-16H,1-3,6-11,14H2,(H,22,25). The summed E-state index contributed by atoms with van der Waals surface area (Å²) in [5.41, 5.74) is 0.442. The normalized spacial score (nSPS) is 18.8. The van der Waals surface area contributed by atoms with Crippen LogP contribution in [-0.4, -0.2) is 55.6 Å². The van der Waals surface area contributed by atoms with Gasteiger partial charge in [0, 0.05) is 37.5 Å². The van der Waals surface area contributed by atoms with Gasteiger partial charge >= 0.3 is 0 Å². The number of piperidine rings is 2. The van der Waals surface area contributed by atoms with Crippen molar-refractivity contribution in [2.45, 2.75) is 42.9 Å². The second-order valence-corrected chi connectivity index (χ2v) is 11.1. The number of thiophene rings is 1. The van der Waals surface area contributed by atoms with Gasteiger partial charge in [0.15, 0.2) is 0 Å². The number of furan rings is 1. The molecule has 0 saturated carbocycles. The van der Waals surface area contributed by atoms with Crippen molar-refractivity contribution in [1.29, 1.82) is 0 Å². The first-order valence-electron chi connectivity index (χ1n) is 10.6. The van der Waals surface area contributed by atoms with E-state index in [9.17, 15) is 18.0 Å². The largest absolute Gasteiger partial charge is 0.467 e. The molecule has 2 amide bonds. The van der Waals surface area contributed by atoms with E-state index in [1.807, 2.05) is 0 Å². The van der Waals surface area contributed by atoms with Crippen LogP contribution in [0.15, 0.2) is 38.5 Å². The monoisotopic (exact) mass is 465 g/mol. The molecule has 31 heavy (non-hydrogen) atoms.